The minimum Gasteiger partial charge on any atom is -0.468 e. The maximum atomic E-state index is 6.28. The molecule has 1 unspecified atom stereocenters. The van der Waals surface area contributed by atoms with Gasteiger partial charge in [-0.1, -0.05) is 13.8 Å². The molecule has 0 spiro atoms. The van der Waals surface area contributed by atoms with Crippen LogP contribution in [0.4, 0.5) is 0 Å². The van der Waals surface area contributed by atoms with Crippen molar-refractivity contribution in [3.63, 3.8) is 0 Å². The number of furan rings is 1. The Bertz CT molecular complexity index is 242. The molecule has 0 aromatic carbocycles. The average molecular weight is 230 g/mol. The molecule has 1 rings (SSSR count). The van der Waals surface area contributed by atoms with Crippen LogP contribution in [0.25, 0.3) is 0 Å². The summed E-state index contributed by atoms with van der Waals surface area (Å²) in [5.74, 6) is 0.869. The van der Waals surface area contributed by atoms with E-state index in [0.29, 0.717) is 0 Å². The normalized spacial score (nSPS) is 13.3. The van der Waals surface area contributed by atoms with Crippen LogP contribution in [0.5, 0.6) is 0 Å². The van der Waals surface area contributed by atoms with E-state index in [9.17, 15) is 0 Å². The Balaban J connectivity index is 2.43. The van der Waals surface area contributed by atoms with Crippen LogP contribution >= 0.6 is 11.6 Å². The fraction of sp³-hybridized carbons (Fsp3) is 0.667. The van der Waals surface area contributed by atoms with Crippen molar-refractivity contribution in [2.24, 2.45) is 0 Å². The molecule has 86 valence electrons. The predicted molar refractivity (Wildman–Crippen MR) is 64.3 cm³/mol. The lowest BCUT2D eigenvalue weighted by Crippen LogP contribution is -2.28. The van der Waals surface area contributed by atoms with E-state index in [4.69, 9.17) is 16.0 Å². The molecule has 1 aromatic rings. The Hall–Kier alpha value is -0.470. The fourth-order valence-corrected chi connectivity index (χ4v) is 2.03. The van der Waals surface area contributed by atoms with Gasteiger partial charge < -0.3 is 9.32 Å². The number of nitrogens with zero attached hydrogens (tertiary/aromatic N) is 1. The number of alkyl halides is 1. The van der Waals surface area contributed by atoms with Gasteiger partial charge in [0.2, 0.25) is 0 Å². The zero-order valence-electron chi connectivity index (χ0n) is 9.58. The van der Waals surface area contributed by atoms with E-state index in [0.717, 1.165) is 25.4 Å². The molecule has 15 heavy (non-hydrogen) atoms. The van der Waals surface area contributed by atoms with Crippen molar-refractivity contribution < 1.29 is 4.42 Å². The van der Waals surface area contributed by atoms with Gasteiger partial charge in [-0.2, -0.15) is 0 Å². The van der Waals surface area contributed by atoms with Gasteiger partial charge in [-0.25, -0.2) is 0 Å². The maximum absolute atomic E-state index is 6.28. The van der Waals surface area contributed by atoms with Crippen LogP contribution in [0.3, 0.4) is 0 Å². The largest absolute Gasteiger partial charge is 0.468 e. The van der Waals surface area contributed by atoms with Gasteiger partial charge in [0.05, 0.1) is 6.26 Å². The number of hydrogen-bond donors (Lipinski definition) is 0. The minimum atomic E-state index is -0.0295. The summed E-state index contributed by atoms with van der Waals surface area (Å²) in [7, 11) is 0. The number of rotatable bonds is 7. The summed E-state index contributed by atoms with van der Waals surface area (Å²) in [6.45, 7) is 7.48. The van der Waals surface area contributed by atoms with E-state index >= 15 is 0 Å². The van der Waals surface area contributed by atoms with Crippen molar-refractivity contribution in [1.82, 2.24) is 4.90 Å². The Morgan fingerprint density at radius 1 is 1.33 bits per heavy atom. The molecule has 0 aliphatic rings. The van der Waals surface area contributed by atoms with Gasteiger partial charge in [0.15, 0.2) is 0 Å². The van der Waals surface area contributed by atoms with Gasteiger partial charge in [-0.3, -0.25) is 0 Å². The molecule has 0 N–H and O–H groups in total. The molecular weight excluding hydrogens is 210 g/mol. The summed E-state index contributed by atoms with van der Waals surface area (Å²) >= 11 is 6.28. The number of halogens is 1. The van der Waals surface area contributed by atoms with Crippen molar-refractivity contribution in [2.75, 3.05) is 19.6 Å². The first-order chi connectivity index (χ1) is 7.27. The standard InChI is InChI=1S/C12H20ClNO/c1-3-7-14(8-4-2)10-11(13)12-6-5-9-15-12/h5-6,9,11H,3-4,7-8,10H2,1-2H3. The van der Waals surface area contributed by atoms with Crippen molar-refractivity contribution in [2.45, 2.75) is 32.1 Å². The lowest BCUT2D eigenvalue weighted by molar-refractivity contribution is 0.267. The van der Waals surface area contributed by atoms with Crippen molar-refractivity contribution in [3.8, 4) is 0 Å². The van der Waals surface area contributed by atoms with Crippen molar-refractivity contribution in [1.29, 1.82) is 0 Å². The second-order valence-electron chi connectivity index (χ2n) is 3.78. The highest BCUT2D eigenvalue weighted by Gasteiger charge is 2.14. The summed E-state index contributed by atoms with van der Waals surface area (Å²) < 4.78 is 5.29. The van der Waals surface area contributed by atoms with Gasteiger partial charge in [-0.15, -0.1) is 11.6 Å². The first-order valence-electron chi connectivity index (χ1n) is 5.67. The summed E-state index contributed by atoms with van der Waals surface area (Å²) in [6, 6.07) is 3.82. The zero-order valence-corrected chi connectivity index (χ0v) is 10.3. The number of hydrogen-bond acceptors (Lipinski definition) is 2. The van der Waals surface area contributed by atoms with E-state index in [1.165, 1.54) is 12.8 Å². The molecule has 0 amide bonds. The van der Waals surface area contributed by atoms with Crippen LogP contribution in [0.1, 0.15) is 37.8 Å². The smallest absolute Gasteiger partial charge is 0.122 e. The van der Waals surface area contributed by atoms with E-state index in [1.54, 1.807) is 6.26 Å². The maximum Gasteiger partial charge on any atom is 0.122 e. The fourth-order valence-electron chi connectivity index (χ4n) is 1.71. The molecule has 0 aliphatic heterocycles. The summed E-state index contributed by atoms with van der Waals surface area (Å²) in [5.41, 5.74) is 0. The first kappa shape index (κ1) is 12.6. The topological polar surface area (TPSA) is 16.4 Å². The molecule has 3 heteroatoms. The molecule has 1 heterocycles. The molecule has 1 atom stereocenters. The summed E-state index contributed by atoms with van der Waals surface area (Å²) in [4.78, 5) is 2.39. The zero-order chi connectivity index (χ0) is 11.1. The molecule has 0 fully saturated rings. The second kappa shape index (κ2) is 6.91. The highest BCUT2D eigenvalue weighted by atomic mass is 35.5. The third-order valence-electron chi connectivity index (χ3n) is 2.35. The predicted octanol–water partition coefficient (Wildman–Crippen LogP) is 3.68. The van der Waals surface area contributed by atoms with Gasteiger partial charge in [0.25, 0.3) is 0 Å². The molecule has 0 saturated heterocycles. The van der Waals surface area contributed by atoms with Crippen LogP contribution in [0.2, 0.25) is 0 Å². The second-order valence-corrected chi connectivity index (χ2v) is 4.31. The quantitative estimate of drug-likeness (QED) is 0.664. The third-order valence-corrected chi connectivity index (χ3v) is 2.70. The minimum absolute atomic E-state index is 0.0295. The van der Waals surface area contributed by atoms with Crippen LogP contribution in [-0.4, -0.2) is 24.5 Å². The average Bonchev–Trinajstić information content (AvgIpc) is 2.71. The Morgan fingerprint density at radius 3 is 2.47 bits per heavy atom. The van der Waals surface area contributed by atoms with E-state index in [1.807, 2.05) is 12.1 Å². The lowest BCUT2D eigenvalue weighted by atomic mass is 10.2. The first-order valence-corrected chi connectivity index (χ1v) is 6.11. The van der Waals surface area contributed by atoms with Gasteiger partial charge in [0, 0.05) is 6.54 Å². The van der Waals surface area contributed by atoms with Crippen LogP contribution in [-0.2, 0) is 0 Å². The molecule has 2 nitrogen and oxygen atoms in total. The molecule has 0 aliphatic carbocycles. The van der Waals surface area contributed by atoms with Crippen LogP contribution < -0.4 is 0 Å². The van der Waals surface area contributed by atoms with Crippen molar-refractivity contribution >= 4 is 11.6 Å². The van der Waals surface area contributed by atoms with Crippen molar-refractivity contribution in [3.05, 3.63) is 24.2 Å². The third kappa shape index (κ3) is 4.27. The monoisotopic (exact) mass is 229 g/mol. The van der Waals surface area contributed by atoms with Crippen LogP contribution in [0, 0.1) is 0 Å². The molecular formula is C12H20ClNO. The Labute approximate surface area is 97.2 Å². The summed E-state index contributed by atoms with van der Waals surface area (Å²) in [6.07, 6.45) is 4.01. The van der Waals surface area contributed by atoms with Gasteiger partial charge in [-0.05, 0) is 38.1 Å². The molecule has 0 bridgehead atoms. The van der Waals surface area contributed by atoms with E-state index < -0.39 is 0 Å². The summed E-state index contributed by atoms with van der Waals surface area (Å²) in [5, 5.41) is -0.0295. The lowest BCUT2D eigenvalue weighted by Gasteiger charge is -2.22. The Kier molecular flexibility index (Phi) is 5.81. The van der Waals surface area contributed by atoms with Gasteiger partial charge in [0.1, 0.15) is 11.1 Å². The highest BCUT2D eigenvalue weighted by Crippen LogP contribution is 2.21. The van der Waals surface area contributed by atoms with Gasteiger partial charge >= 0.3 is 0 Å². The van der Waals surface area contributed by atoms with Crippen LogP contribution in [0.15, 0.2) is 22.8 Å². The molecule has 1 aromatic heterocycles. The Morgan fingerprint density at radius 2 is 2.00 bits per heavy atom. The molecule has 0 saturated carbocycles. The van der Waals surface area contributed by atoms with E-state index in [-0.39, 0.29) is 5.38 Å². The molecule has 0 radical (unpaired) electrons. The van der Waals surface area contributed by atoms with E-state index in [2.05, 4.69) is 18.7 Å². The highest BCUT2D eigenvalue weighted by molar-refractivity contribution is 6.20. The SMILES string of the molecule is CCCN(CCC)CC(Cl)c1ccco1.